The van der Waals surface area contributed by atoms with Gasteiger partial charge in [-0.05, 0) is 193 Å². The maximum Gasteiger partial charge on any atom is 0.0535 e. The second-order valence-corrected chi connectivity index (χ2v) is 25.5. The molecule has 0 amide bonds. The van der Waals surface area contributed by atoms with Gasteiger partial charge in [0.2, 0.25) is 0 Å². The lowest BCUT2D eigenvalue weighted by Gasteiger charge is -2.25. The predicted octanol–water partition coefficient (Wildman–Crippen LogP) is 23.5. The molecule has 0 saturated heterocycles. The molecular formula is C88H64N2. The van der Waals surface area contributed by atoms with Gasteiger partial charge in [0.1, 0.15) is 0 Å². The predicted molar refractivity (Wildman–Crippen MR) is 379 cm³/mol. The Morgan fingerprint density at radius 2 is 0.500 bits per heavy atom. The maximum absolute atomic E-state index is 2.54. The summed E-state index contributed by atoms with van der Waals surface area (Å²) < 4.78 is 4.84. The Balaban J connectivity index is 0.932. The van der Waals surface area contributed by atoms with Crippen molar-refractivity contribution in [1.82, 2.24) is 9.13 Å². The van der Waals surface area contributed by atoms with Crippen molar-refractivity contribution >= 4 is 21.5 Å². The Kier molecular flexibility index (Phi) is 12.3. The Morgan fingerprint density at radius 1 is 0.211 bits per heavy atom. The molecule has 0 fully saturated rings. The average Bonchev–Trinajstić information content (AvgIpc) is 0.989. The van der Waals surface area contributed by atoms with Crippen molar-refractivity contribution in [2.75, 3.05) is 0 Å². The van der Waals surface area contributed by atoms with Crippen LogP contribution in [0.25, 0.3) is 145 Å². The first-order chi connectivity index (χ1) is 44.2. The molecule has 0 radical (unpaired) electrons. The number of nitrogens with zero attached hydrogens (tertiary/aromatic N) is 2. The minimum absolute atomic E-state index is 0.204. The molecule has 2 heterocycles. The van der Waals surface area contributed by atoms with Crippen LogP contribution in [0.1, 0.15) is 49.9 Å². The van der Waals surface area contributed by atoms with E-state index in [1.54, 1.807) is 0 Å². The number of hydrogen-bond acceptors (Lipinski definition) is 0. The van der Waals surface area contributed by atoms with Crippen molar-refractivity contribution < 1.29 is 0 Å². The van der Waals surface area contributed by atoms with Gasteiger partial charge < -0.3 is 9.13 Å². The minimum atomic E-state index is -0.204. The fraction of sp³-hybridized carbons (Fsp3) is 0.0682. The van der Waals surface area contributed by atoms with Crippen LogP contribution < -0.4 is 0 Å². The van der Waals surface area contributed by atoms with E-state index in [-0.39, 0.29) is 10.8 Å². The molecule has 0 bridgehead atoms. The van der Waals surface area contributed by atoms with Crippen molar-refractivity contribution in [3.63, 3.8) is 0 Å². The van der Waals surface area contributed by atoms with Gasteiger partial charge in [-0.1, -0.05) is 282 Å². The van der Waals surface area contributed by atoms with Crippen molar-refractivity contribution in [3.8, 4) is 123 Å². The lowest BCUT2D eigenvalue weighted by atomic mass is 9.77. The molecule has 2 nitrogen and oxygen atoms in total. The maximum atomic E-state index is 2.54. The molecule has 2 heteroatoms. The Morgan fingerprint density at radius 3 is 0.844 bits per heavy atom. The summed E-state index contributed by atoms with van der Waals surface area (Å²) in [6.45, 7) is 9.61. The first kappa shape index (κ1) is 53.2. The smallest absolute Gasteiger partial charge is 0.0535 e. The highest BCUT2D eigenvalue weighted by Gasteiger charge is 2.38. The number of benzene rings is 13. The van der Waals surface area contributed by atoms with E-state index in [0.717, 1.165) is 45.3 Å². The van der Waals surface area contributed by atoms with E-state index in [0.29, 0.717) is 0 Å². The summed E-state index contributed by atoms with van der Waals surface area (Å²) in [5.74, 6) is 0. The molecule has 17 rings (SSSR count). The molecule has 2 aliphatic carbocycles. The van der Waals surface area contributed by atoms with Crippen LogP contribution in [0.15, 0.2) is 315 Å². The average molecular weight is 1150 g/mol. The molecule has 13 aromatic carbocycles. The molecular weight excluding hydrogens is 1080 g/mol. The first-order valence-corrected chi connectivity index (χ1v) is 31.6. The van der Waals surface area contributed by atoms with E-state index >= 15 is 0 Å². The van der Waals surface area contributed by atoms with Crippen LogP contribution in [0.5, 0.6) is 0 Å². The third-order valence-electron chi connectivity index (χ3n) is 19.8. The van der Waals surface area contributed by atoms with Crippen LogP contribution >= 0.6 is 0 Å². The molecule has 426 valence electrons. The van der Waals surface area contributed by atoms with E-state index in [1.165, 1.54) is 122 Å². The second-order valence-electron chi connectivity index (χ2n) is 25.5. The van der Waals surface area contributed by atoms with Gasteiger partial charge in [0.05, 0.1) is 22.8 Å². The zero-order valence-electron chi connectivity index (χ0n) is 50.9. The fourth-order valence-electron chi connectivity index (χ4n) is 15.5. The van der Waals surface area contributed by atoms with Crippen molar-refractivity contribution in [2.45, 2.75) is 38.5 Å². The molecule has 0 aliphatic heterocycles. The minimum Gasteiger partial charge on any atom is -0.309 e. The highest BCUT2D eigenvalue weighted by molar-refractivity contribution is 6.27. The van der Waals surface area contributed by atoms with Gasteiger partial charge in [-0.2, -0.15) is 0 Å². The van der Waals surface area contributed by atoms with E-state index < -0.39 is 0 Å². The quantitative estimate of drug-likeness (QED) is 0.121. The molecule has 0 unspecified atom stereocenters. The van der Waals surface area contributed by atoms with Crippen molar-refractivity contribution in [3.05, 3.63) is 338 Å². The molecule has 15 aromatic rings. The molecule has 90 heavy (non-hydrogen) atoms. The molecule has 2 aromatic heterocycles. The van der Waals surface area contributed by atoms with Gasteiger partial charge in [0.25, 0.3) is 0 Å². The third-order valence-corrected chi connectivity index (χ3v) is 19.8. The number of rotatable bonds is 10. The highest BCUT2D eigenvalue weighted by atomic mass is 15.0. The van der Waals surface area contributed by atoms with Gasteiger partial charge in [-0.25, -0.2) is 0 Å². The van der Waals surface area contributed by atoms with E-state index in [9.17, 15) is 0 Å². The normalized spacial score (nSPS) is 13.3. The third kappa shape index (κ3) is 8.32. The lowest BCUT2D eigenvalue weighted by Crippen LogP contribution is -2.15. The summed E-state index contributed by atoms with van der Waals surface area (Å²) in [5, 5.41) is 4.91. The molecule has 0 spiro atoms. The van der Waals surface area contributed by atoms with Crippen LogP contribution in [-0.2, 0) is 10.8 Å². The van der Waals surface area contributed by atoms with Gasteiger partial charge in [0, 0.05) is 22.2 Å². The van der Waals surface area contributed by atoms with Crippen LogP contribution in [0.3, 0.4) is 0 Å². The number of aromatic nitrogens is 2. The standard InChI is InChI=1S/C88H64N2/c1-87(2)75-37-19-17-31-69(75)71-49-43-63(55-77(71)87)83-73-35-21-34-68(58-41-47-66(48-42-58)90-81(61-27-13-7-14-28-61)53-54-82(90)62-29-15-8-16-30-62)86(73)84(64-44-50-72-70-32-18-20-38-76(70)88(3,4)78(72)56-64)74-36-22-33-67(85(74)83)57-39-45-65(46-40-57)89-79(59-23-9-5-10-24-59)51-52-80(89)60-25-11-6-12-26-60/h5-56H,1-4H3. The van der Waals surface area contributed by atoms with E-state index in [1.807, 2.05) is 0 Å². The van der Waals surface area contributed by atoms with Crippen LogP contribution in [0.2, 0.25) is 0 Å². The molecule has 0 saturated carbocycles. The zero-order valence-corrected chi connectivity index (χ0v) is 50.9. The molecule has 0 N–H and O–H groups in total. The van der Waals surface area contributed by atoms with Crippen molar-refractivity contribution in [1.29, 1.82) is 0 Å². The summed E-state index contributed by atoms with van der Waals surface area (Å²) in [6, 6.07) is 118. The highest BCUT2D eigenvalue weighted by Crippen LogP contribution is 2.56. The largest absolute Gasteiger partial charge is 0.309 e. The summed E-state index contributed by atoms with van der Waals surface area (Å²) >= 11 is 0. The molecule has 2 aliphatic rings. The van der Waals surface area contributed by atoms with Crippen molar-refractivity contribution in [2.24, 2.45) is 0 Å². The topological polar surface area (TPSA) is 9.86 Å². The van der Waals surface area contributed by atoms with Gasteiger partial charge in [0.15, 0.2) is 0 Å². The Labute approximate surface area is 526 Å². The Bertz CT molecular complexity index is 4840. The summed E-state index contributed by atoms with van der Waals surface area (Å²) in [6.07, 6.45) is 0. The van der Waals surface area contributed by atoms with Crippen LogP contribution in [0, 0.1) is 0 Å². The van der Waals surface area contributed by atoms with Gasteiger partial charge in [-0.3, -0.25) is 0 Å². The van der Waals surface area contributed by atoms with Crippen LogP contribution in [0.4, 0.5) is 0 Å². The second kappa shape index (κ2) is 20.8. The fourth-order valence-corrected chi connectivity index (χ4v) is 15.5. The van der Waals surface area contributed by atoms with E-state index in [4.69, 9.17) is 0 Å². The summed E-state index contributed by atoms with van der Waals surface area (Å²) in [5.41, 5.74) is 31.4. The van der Waals surface area contributed by atoms with Gasteiger partial charge in [-0.15, -0.1) is 0 Å². The Hall–Kier alpha value is -11.1. The van der Waals surface area contributed by atoms with Crippen LogP contribution in [-0.4, -0.2) is 9.13 Å². The lowest BCUT2D eigenvalue weighted by molar-refractivity contribution is 0.660. The zero-order chi connectivity index (χ0) is 60.2. The number of hydrogen-bond donors (Lipinski definition) is 0. The SMILES string of the molecule is CC1(C)c2ccccc2-c2ccc(-c3c4cccc(-c5ccc(-n6c(-c7ccccc7)ccc6-c6ccccc6)cc5)c4c(-c4ccc5c(c4)C(C)(C)c4ccccc4-5)c4cccc(-c5ccc(-n6c(-c7ccccc7)ccc6-c6ccccc6)cc5)c34)cc21. The molecule has 0 atom stereocenters. The van der Waals surface area contributed by atoms with Gasteiger partial charge >= 0.3 is 0 Å². The number of fused-ring (bicyclic) bond motifs is 8. The first-order valence-electron chi connectivity index (χ1n) is 31.6. The summed E-state index contributed by atoms with van der Waals surface area (Å²) in [7, 11) is 0. The monoisotopic (exact) mass is 1150 g/mol. The summed E-state index contributed by atoms with van der Waals surface area (Å²) in [4.78, 5) is 0. The van der Waals surface area contributed by atoms with E-state index in [2.05, 4.69) is 352 Å².